The molecule has 1 heterocycles. The number of amides is 1. The molecule has 3 aromatic carbocycles. The molecule has 0 spiro atoms. The van der Waals surface area contributed by atoms with Crippen LogP contribution in [0.15, 0.2) is 60.7 Å². The number of nitrogens with zero attached hydrogens (tertiary/aromatic N) is 1. The topological polar surface area (TPSA) is 32.3 Å². The number of hydrogen-bond acceptors (Lipinski definition) is 2. The Labute approximate surface area is 215 Å². The number of carbonyl (C=O) groups is 1. The number of rotatable bonds is 6. The van der Waals surface area contributed by atoms with Crippen LogP contribution in [0.25, 0.3) is 0 Å². The van der Waals surface area contributed by atoms with E-state index in [0.717, 1.165) is 17.2 Å². The third kappa shape index (κ3) is 6.32. The molecule has 1 amide bonds. The normalized spacial score (nSPS) is 13.6. The lowest BCUT2D eigenvalue weighted by Gasteiger charge is -2.28. The Morgan fingerprint density at radius 2 is 1.57 bits per heavy atom. The number of alkyl halides is 3. The van der Waals surface area contributed by atoms with Gasteiger partial charge in [0.25, 0.3) is 5.91 Å². The highest BCUT2D eigenvalue weighted by Gasteiger charge is 2.36. The first-order chi connectivity index (χ1) is 17.4. The number of fused-ring (bicyclic) bond motifs is 1. The summed E-state index contributed by atoms with van der Waals surface area (Å²) in [6.45, 7) is 7.53. The van der Waals surface area contributed by atoms with Crippen molar-refractivity contribution in [1.82, 2.24) is 4.90 Å². The number of carbonyl (C=O) groups excluding carboxylic acids is 1. The van der Waals surface area contributed by atoms with E-state index >= 15 is 0 Å². The summed E-state index contributed by atoms with van der Waals surface area (Å²) in [6, 6.07) is 16.5. The summed E-state index contributed by atoms with van der Waals surface area (Å²) < 4.78 is 54.3. The van der Waals surface area contributed by atoms with E-state index in [0.29, 0.717) is 32.5 Å². The molecule has 0 aliphatic carbocycles. The number of anilines is 1. The largest absolute Gasteiger partial charge is 0.416 e. The molecule has 4 rings (SSSR count). The van der Waals surface area contributed by atoms with Gasteiger partial charge in [-0.05, 0) is 71.2 Å². The summed E-state index contributed by atoms with van der Waals surface area (Å²) in [5.41, 5.74) is 2.93. The molecule has 0 saturated heterocycles. The van der Waals surface area contributed by atoms with Crippen LogP contribution >= 0.6 is 0 Å². The minimum Gasteiger partial charge on any atom is -0.384 e. The molecule has 0 radical (unpaired) electrons. The Bertz CT molecular complexity index is 1240. The van der Waals surface area contributed by atoms with Crippen molar-refractivity contribution in [2.45, 2.75) is 58.2 Å². The highest BCUT2D eigenvalue weighted by Crippen LogP contribution is 2.39. The Morgan fingerprint density at radius 1 is 0.919 bits per heavy atom. The van der Waals surface area contributed by atoms with E-state index in [4.69, 9.17) is 0 Å². The van der Waals surface area contributed by atoms with E-state index in [9.17, 15) is 22.4 Å². The first kappa shape index (κ1) is 26.7. The molecule has 1 aliphatic heterocycles. The van der Waals surface area contributed by atoms with Crippen LogP contribution in [0.4, 0.5) is 23.2 Å². The minimum absolute atomic E-state index is 0.0123. The number of benzene rings is 3. The average Bonchev–Trinajstić information content (AvgIpc) is 2.85. The smallest absolute Gasteiger partial charge is 0.384 e. The second-order valence-corrected chi connectivity index (χ2v) is 10.6. The fourth-order valence-corrected chi connectivity index (χ4v) is 4.70. The molecule has 0 bridgehead atoms. The Morgan fingerprint density at radius 3 is 2.19 bits per heavy atom. The van der Waals surface area contributed by atoms with Crippen molar-refractivity contribution >= 4 is 11.6 Å². The summed E-state index contributed by atoms with van der Waals surface area (Å²) in [5, 5.41) is 3.06. The summed E-state index contributed by atoms with van der Waals surface area (Å²) in [4.78, 5) is 15.5. The highest BCUT2D eigenvalue weighted by atomic mass is 19.4. The molecular weight excluding hydrogens is 480 g/mol. The van der Waals surface area contributed by atoms with Crippen LogP contribution in [0, 0.1) is 5.82 Å². The number of nitrogens with one attached hydrogen (secondary N) is 1. The van der Waals surface area contributed by atoms with Gasteiger partial charge < -0.3 is 10.2 Å². The third-order valence-electron chi connectivity index (χ3n) is 6.82. The Balaban J connectivity index is 1.66. The summed E-state index contributed by atoms with van der Waals surface area (Å²) in [5.74, 6) is -0.667. The highest BCUT2D eigenvalue weighted by molar-refractivity contribution is 6.00. The fraction of sp³-hybridized carbons (Fsp3) is 0.367. The van der Waals surface area contributed by atoms with Gasteiger partial charge in [0.1, 0.15) is 5.82 Å². The van der Waals surface area contributed by atoms with Crippen molar-refractivity contribution in [1.29, 1.82) is 0 Å². The fourth-order valence-electron chi connectivity index (χ4n) is 4.70. The van der Waals surface area contributed by atoms with Gasteiger partial charge in [0.2, 0.25) is 0 Å². The quantitative estimate of drug-likeness (QED) is 0.350. The van der Waals surface area contributed by atoms with E-state index in [2.05, 4.69) is 26.1 Å². The molecule has 3 aromatic rings. The van der Waals surface area contributed by atoms with Crippen LogP contribution in [0.5, 0.6) is 0 Å². The van der Waals surface area contributed by atoms with E-state index in [1.807, 2.05) is 24.3 Å². The summed E-state index contributed by atoms with van der Waals surface area (Å²) in [7, 11) is 0. The molecule has 0 fully saturated rings. The van der Waals surface area contributed by atoms with Crippen molar-refractivity contribution in [2.75, 3.05) is 18.4 Å². The Hall–Kier alpha value is -3.35. The molecule has 37 heavy (non-hydrogen) atoms. The number of hydrogen-bond donors (Lipinski definition) is 1. The van der Waals surface area contributed by atoms with Crippen LogP contribution in [0.1, 0.15) is 65.4 Å². The molecule has 0 unspecified atom stereocenters. The maximum absolute atomic E-state index is 13.8. The zero-order chi connectivity index (χ0) is 26.8. The van der Waals surface area contributed by atoms with Gasteiger partial charge in [-0.25, -0.2) is 4.39 Å². The van der Waals surface area contributed by atoms with Gasteiger partial charge in [0.05, 0.1) is 16.8 Å². The first-order valence-corrected chi connectivity index (χ1v) is 12.5. The third-order valence-corrected chi connectivity index (χ3v) is 6.82. The molecule has 196 valence electrons. The predicted octanol–water partition coefficient (Wildman–Crippen LogP) is 7.39. The van der Waals surface area contributed by atoms with E-state index in [1.54, 1.807) is 17.0 Å². The predicted molar refractivity (Wildman–Crippen MR) is 138 cm³/mol. The second-order valence-electron chi connectivity index (χ2n) is 10.6. The van der Waals surface area contributed by atoms with Crippen molar-refractivity contribution in [3.8, 4) is 0 Å². The molecule has 1 aliphatic rings. The van der Waals surface area contributed by atoms with Crippen molar-refractivity contribution in [2.24, 2.45) is 0 Å². The van der Waals surface area contributed by atoms with Crippen molar-refractivity contribution in [3.05, 3.63) is 99.9 Å². The van der Waals surface area contributed by atoms with Crippen LogP contribution in [-0.2, 0) is 31.0 Å². The Kier molecular flexibility index (Phi) is 7.62. The first-order valence-electron chi connectivity index (χ1n) is 12.5. The number of halogens is 4. The van der Waals surface area contributed by atoms with Gasteiger partial charge in [0.15, 0.2) is 0 Å². The second kappa shape index (κ2) is 10.6. The van der Waals surface area contributed by atoms with Gasteiger partial charge in [-0.1, -0.05) is 57.2 Å². The van der Waals surface area contributed by atoms with Crippen molar-refractivity contribution in [3.63, 3.8) is 0 Å². The van der Waals surface area contributed by atoms with Crippen LogP contribution in [0.3, 0.4) is 0 Å². The standard InChI is InChI=1S/C30H32F4N2O/c1-29(2,3)22-10-6-21(7-11-22)19-36(18-16-20-8-12-23(31)13-9-20)28(37)25-14-15-26(30(32,33)34)24-5-4-17-35-27(24)25/h6-15,35H,4-5,16-19H2,1-3H3. The maximum atomic E-state index is 13.8. The van der Waals surface area contributed by atoms with E-state index in [1.165, 1.54) is 23.8 Å². The van der Waals surface area contributed by atoms with Crippen LogP contribution in [0.2, 0.25) is 0 Å². The average molecular weight is 513 g/mol. The minimum atomic E-state index is -4.48. The zero-order valence-corrected chi connectivity index (χ0v) is 21.4. The van der Waals surface area contributed by atoms with Gasteiger partial charge in [-0.15, -0.1) is 0 Å². The summed E-state index contributed by atoms with van der Waals surface area (Å²) in [6.07, 6.45) is -3.16. The van der Waals surface area contributed by atoms with E-state index in [-0.39, 0.29) is 40.4 Å². The molecule has 0 atom stereocenters. The van der Waals surface area contributed by atoms with Crippen LogP contribution in [-0.4, -0.2) is 23.9 Å². The summed E-state index contributed by atoms with van der Waals surface area (Å²) >= 11 is 0. The van der Waals surface area contributed by atoms with E-state index < -0.39 is 11.7 Å². The lowest BCUT2D eigenvalue weighted by molar-refractivity contribution is -0.138. The lowest BCUT2D eigenvalue weighted by Crippen LogP contribution is -2.34. The zero-order valence-electron chi connectivity index (χ0n) is 21.4. The van der Waals surface area contributed by atoms with Gasteiger partial charge in [-0.2, -0.15) is 13.2 Å². The van der Waals surface area contributed by atoms with Gasteiger partial charge >= 0.3 is 6.18 Å². The van der Waals surface area contributed by atoms with Gasteiger partial charge in [0, 0.05) is 19.6 Å². The molecule has 3 nitrogen and oxygen atoms in total. The maximum Gasteiger partial charge on any atom is 0.416 e. The molecule has 0 aromatic heterocycles. The molecule has 1 N–H and O–H groups in total. The SMILES string of the molecule is CC(C)(C)c1ccc(CN(CCc2ccc(F)cc2)C(=O)c2ccc(C(F)(F)F)c3c2NCCC3)cc1. The monoisotopic (exact) mass is 512 g/mol. The molecular formula is C30H32F4N2O. The van der Waals surface area contributed by atoms with Gasteiger partial charge in [-0.3, -0.25) is 4.79 Å². The molecule has 0 saturated carbocycles. The van der Waals surface area contributed by atoms with Crippen LogP contribution < -0.4 is 5.32 Å². The van der Waals surface area contributed by atoms with Crippen molar-refractivity contribution < 1.29 is 22.4 Å². The lowest BCUT2D eigenvalue weighted by atomic mass is 9.86. The molecule has 7 heteroatoms.